The molecule has 2 unspecified atom stereocenters. The summed E-state index contributed by atoms with van der Waals surface area (Å²) in [5, 5.41) is 0.769. The van der Waals surface area contributed by atoms with Crippen molar-refractivity contribution in [1.82, 2.24) is 9.97 Å². The number of nitrogens with zero attached hydrogens (tertiary/aromatic N) is 4. The molecule has 8 heteroatoms. The van der Waals surface area contributed by atoms with Crippen LogP contribution in [0.1, 0.15) is 12.5 Å². The number of rotatable bonds is 1. The first-order chi connectivity index (χ1) is 11.9. The minimum atomic E-state index is -0.160. The van der Waals surface area contributed by atoms with E-state index in [9.17, 15) is 0 Å². The van der Waals surface area contributed by atoms with Gasteiger partial charge in [-0.25, -0.2) is 15.0 Å². The van der Waals surface area contributed by atoms with Gasteiger partial charge < -0.3 is 22.9 Å². The molecule has 2 aromatic rings. The molecule has 0 radical (unpaired) electrons. The van der Waals surface area contributed by atoms with E-state index in [0.29, 0.717) is 17.2 Å². The van der Waals surface area contributed by atoms with Gasteiger partial charge in [0.1, 0.15) is 11.7 Å². The molecule has 0 amide bonds. The fraction of sp³-hybridized carbons (Fsp3) is 0.176. The maximum absolute atomic E-state index is 6.00. The van der Waals surface area contributed by atoms with Crippen molar-refractivity contribution in [1.29, 1.82) is 0 Å². The van der Waals surface area contributed by atoms with Gasteiger partial charge in [-0.15, -0.1) is 0 Å². The molecule has 0 bridgehead atoms. The number of aliphatic imine (C=N–C) groups is 2. The van der Waals surface area contributed by atoms with Crippen molar-refractivity contribution < 1.29 is 0 Å². The van der Waals surface area contributed by atoms with Crippen molar-refractivity contribution in [3.63, 3.8) is 0 Å². The molecule has 0 saturated heterocycles. The van der Waals surface area contributed by atoms with E-state index in [2.05, 4.69) is 32.1 Å². The summed E-state index contributed by atoms with van der Waals surface area (Å²) in [5.74, 6) is 1.14. The summed E-state index contributed by atoms with van der Waals surface area (Å²) in [6, 6.07) is 5.66. The SMILES string of the molecule is CC1=CC2C(N)=NC(N)=NC2C=C1c1ccc2c(N)nc(N)nc2c1. The lowest BCUT2D eigenvalue weighted by molar-refractivity contribution is 0.698. The third kappa shape index (κ3) is 2.47. The maximum atomic E-state index is 6.00. The standard InChI is InChI=1S/C17H18N8/c1-7-4-11-13(23-17(21)25-15(11)19)6-10(7)8-2-3-9-12(5-8)22-16(20)24-14(9)18/h2-6,11,13H,1H3,(H4,18,20,22,24)(H4,19,21,23,25). The van der Waals surface area contributed by atoms with Gasteiger partial charge in [0.2, 0.25) is 11.9 Å². The predicted molar refractivity (Wildman–Crippen MR) is 101 cm³/mol. The highest BCUT2D eigenvalue weighted by Crippen LogP contribution is 2.34. The van der Waals surface area contributed by atoms with Crippen LogP contribution in [0.2, 0.25) is 0 Å². The number of nitrogens with two attached hydrogens (primary N) is 4. The van der Waals surface area contributed by atoms with Crippen LogP contribution in [-0.4, -0.2) is 27.8 Å². The number of aromatic nitrogens is 2. The molecule has 25 heavy (non-hydrogen) atoms. The Bertz CT molecular complexity index is 1010. The van der Waals surface area contributed by atoms with Gasteiger partial charge in [-0.05, 0) is 35.8 Å². The zero-order valence-electron chi connectivity index (χ0n) is 13.6. The second kappa shape index (κ2) is 5.30. The molecule has 1 aromatic carbocycles. The van der Waals surface area contributed by atoms with Crippen molar-refractivity contribution in [3.05, 3.63) is 41.5 Å². The summed E-state index contributed by atoms with van der Waals surface area (Å²) in [6.45, 7) is 2.03. The topological polar surface area (TPSA) is 155 Å². The lowest BCUT2D eigenvalue weighted by atomic mass is 9.83. The smallest absolute Gasteiger partial charge is 0.222 e. The molecule has 1 aliphatic carbocycles. The van der Waals surface area contributed by atoms with Crippen LogP contribution < -0.4 is 22.9 Å². The first-order valence-corrected chi connectivity index (χ1v) is 7.83. The van der Waals surface area contributed by atoms with Gasteiger partial charge in [0.25, 0.3) is 0 Å². The van der Waals surface area contributed by atoms with Gasteiger partial charge in [0, 0.05) is 5.39 Å². The first kappa shape index (κ1) is 15.1. The van der Waals surface area contributed by atoms with Crippen LogP contribution in [0, 0.1) is 5.92 Å². The molecular formula is C17H18N8. The number of hydrogen-bond acceptors (Lipinski definition) is 8. The minimum Gasteiger partial charge on any atom is -0.386 e. The molecule has 1 aliphatic heterocycles. The zero-order chi connectivity index (χ0) is 17.7. The van der Waals surface area contributed by atoms with E-state index in [4.69, 9.17) is 22.9 Å². The van der Waals surface area contributed by atoms with E-state index in [-0.39, 0.29) is 23.9 Å². The summed E-state index contributed by atoms with van der Waals surface area (Å²) in [7, 11) is 0. The average molecular weight is 334 g/mol. The lowest BCUT2D eigenvalue weighted by Gasteiger charge is -2.28. The fourth-order valence-corrected chi connectivity index (χ4v) is 3.29. The lowest BCUT2D eigenvalue weighted by Crippen LogP contribution is -2.38. The number of guanidine groups is 1. The molecule has 4 rings (SSSR count). The molecule has 2 aliphatic rings. The van der Waals surface area contributed by atoms with Crippen molar-refractivity contribution >= 4 is 40.0 Å². The van der Waals surface area contributed by atoms with Gasteiger partial charge >= 0.3 is 0 Å². The van der Waals surface area contributed by atoms with E-state index in [1.807, 2.05) is 25.1 Å². The molecule has 0 fully saturated rings. The summed E-state index contributed by atoms with van der Waals surface area (Å²) in [6.07, 6.45) is 4.13. The van der Waals surface area contributed by atoms with Crippen molar-refractivity contribution in [2.45, 2.75) is 13.0 Å². The van der Waals surface area contributed by atoms with Crippen LogP contribution in [0.3, 0.4) is 0 Å². The van der Waals surface area contributed by atoms with Crippen LogP contribution in [0.5, 0.6) is 0 Å². The quantitative estimate of drug-likeness (QED) is 0.605. The van der Waals surface area contributed by atoms with Crippen molar-refractivity contribution in [2.24, 2.45) is 27.4 Å². The summed E-state index contributed by atoms with van der Waals surface area (Å²) >= 11 is 0. The van der Waals surface area contributed by atoms with E-state index in [1.54, 1.807) is 0 Å². The molecule has 2 atom stereocenters. The molecule has 8 nitrogen and oxygen atoms in total. The van der Waals surface area contributed by atoms with Crippen LogP contribution in [0.15, 0.2) is 45.9 Å². The van der Waals surface area contributed by atoms with E-state index < -0.39 is 0 Å². The predicted octanol–water partition coefficient (Wildman–Crippen LogP) is 0.808. The molecule has 0 spiro atoms. The minimum absolute atomic E-state index is 0.0647. The Morgan fingerprint density at radius 1 is 1.00 bits per heavy atom. The molecular weight excluding hydrogens is 316 g/mol. The summed E-state index contributed by atoms with van der Waals surface area (Å²) in [4.78, 5) is 16.7. The molecule has 0 saturated carbocycles. The number of benzene rings is 1. The van der Waals surface area contributed by atoms with Gasteiger partial charge in [0.15, 0.2) is 0 Å². The normalized spacial score (nSPS) is 22.6. The Kier molecular flexibility index (Phi) is 3.21. The second-order valence-electron chi connectivity index (χ2n) is 6.17. The largest absolute Gasteiger partial charge is 0.386 e. The van der Waals surface area contributed by atoms with E-state index in [1.165, 1.54) is 0 Å². The van der Waals surface area contributed by atoms with Crippen LogP contribution in [0.4, 0.5) is 11.8 Å². The van der Waals surface area contributed by atoms with Gasteiger partial charge in [-0.1, -0.05) is 18.2 Å². The second-order valence-corrected chi connectivity index (χ2v) is 6.17. The third-order valence-corrected chi connectivity index (χ3v) is 4.48. The number of fused-ring (bicyclic) bond motifs is 2. The fourth-order valence-electron chi connectivity index (χ4n) is 3.29. The third-order valence-electron chi connectivity index (χ3n) is 4.48. The van der Waals surface area contributed by atoms with Crippen LogP contribution in [-0.2, 0) is 0 Å². The Balaban J connectivity index is 1.82. The summed E-state index contributed by atoms with van der Waals surface area (Å²) in [5.41, 5.74) is 27.2. The Labute approximate surface area is 144 Å². The Hall–Kier alpha value is -3.42. The van der Waals surface area contributed by atoms with Gasteiger partial charge in [-0.2, -0.15) is 4.98 Å². The zero-order valence-corrected chi connectivity index (χ0v) is 13.6. The van der Waals surface area contributed by atoms with Crippen molar-refractivity contribution in [2.75, 3.05) is 11.5 Å². The number of hydrogen-bond donors (Lipinski definition) is 4. The highest BCUT2D eigenvalue weighted by Gasteiger charge is 2.29. The van der Waals surface area contributed by atoms with Crippen LogP contribution >= 0.6 is 0 Å². The van der Waals surface area contributed by atoms with E-state index in [0.717, 1.165) is 22.1 Å². The molecule has 1 aromatic heterocycles. The maximum Gasteiger partial charge on any atom is 0.222 e. The van der Waals surface area contributed by atoms with Crippen LogP contribution in [0.25, 0.3) is 16.5 Å². The molecule has 2 heterocycles. The average Bonchev–Trinajstić information content (AvgIpc) is 2.54. The Morgan fingerprint density at radius 2 is 1.80 bits per heavy atom. The Morgan fingerprint density at radius 3 is 2.60 bits per heavy atom. The molecule has 8 N–H and O–H groups in total. The monoisotopic (exact) mass is 334 g/mol. The summed E-state index contributed by atoms with van der Waals surface area (Å²) < 4.78 is 0. The van der Waals surface area contributed by atoms with Gasteiger partial charge in [0.05, 0.1) is 17.5 Å². The van der Waals surface area contributed by atoms with Gasteiger partial charge in [-0.3, -0.25) is 0 Å². The number of anilines is 2. The number of amidine groups is 1. The number of nitrogen functional groups attached to an aromatic ring is 2. The first-order valence-electron chi connectivity index (χ1n) is 7.83. The molecule has 126 valence electrons. The van der Waals surface area contributed by atoms with E-state index >= 15 is 0 Å². The number of allylic oxidation sites excluding steroid dienone is 2. The highest BCUT2D eigenvalue weighted by atomic mass is 15.1. The van der Waals surface area contributed by atoms with Crippen molar-refractivity contribution in [3.8, 4) is 0 Å². The highest BCUT2D eigenvalue weighted by molar-refractivity contribution is 6.01.